The maximum Gasteiger partial charge on any atom is 0.410 e. The number of hydrogen-bond donors (Lipinski definition) is 1. The van der Waals surface area contributed by atoms with E-state index >= 15 is 0 Å². The lowest BCUT2D eigenvalue weighted by atomic mass is 9.70. The van der Waals surface area contributed by atoms with E-state index < -0.39 is 52.7 Å². The van der Waals surface area contributed by atoms with Crippen LogP contribution in [0.5, 0.6) is 5.75 Å². The Kier molecular flexibility index (Phi) is 9.67. The van der Waals surface area contributed by atoms with Crippen LogP contribution in [0, 0.1) is 11.8 Å². The van der Waals surface area contributed by atoms with Crippen molar-refractivity contribution in [1.82, 2.24) is 9.62 Å². The van der Waals surface area contributed by atoms with Crippen molar-refractivity contribution in [3.63, 3.8) is 0 Å². The number of fused-ring (bicyclic) bond motifs is 3. The van der Waals surface area contributed by atoms with E-state index in [0.29, 0.717) is 29.5 Å². The van der Waals surface area contributed by atoms with Crippen LogP contribution in [0.1, 0.15) is 50.7 Å². The lowest BCUT2D eigenvalue weighted by molar-refractivity contribution is -0.139. The first-order chi connectivity index (χ1) is 22.7. The molecule has 2 amide bonds. The van der Waals surface area contributed by atoms with Crippen LogP contribution < -0.4 is 14.4 Å². The third-order valence-corrected chi connectivity index (χ3v) is 11.2. The van der Waals surface area contributed by atoms with Gasteiger partial charge in [0.2, 0.25) is 0 Å². The molecule has 3 aliphatic heterocycles. The summed E-state index contributed by atoms with van der Waals surface area (Å²) in [6.45, 7) is 2.78. The van der Waals surface area contributed by atoms with Crippen molar-refractivity contribution in [1.29, 1.82) is 0 Å². The highest BCUT2D eigenvalue weighted by molar-refractivity contribution is 7.90. The van der Waals surface area contributed by atoms with Gasteiger partial charge in [-0.1, -0.05) is 23.7 Å². The number of hydrogen-bond acceptors (Lipinski definition) is 8. The summed E-state index contributed by atoms with van der Waals surface area (Å²) in [7, 11) is -4.29. The smallest absolute Gasteiger partial charge is 0.410 e. The summed E-state index contributed by atoms with van der Waals surface area (Å²) in [5, 5.41) is 0.642. The van der Waals surface area contributed by atoms with Gasteiger partial charge >= 0.3 is 6.09 Å². The predicted molar refractivity (Wildman–Crippen MR) is 175 cm³/mol. The molecule has 0 spiro atoms. The molecule has 1 saturated heterocycles. The fourth-order valence-electron chi connectivity index (χ4n) is 6.54. The van der Waals surface area contributed by atoms with Crippen molar-refractivity contribution in [3.8, 4) is 5.75 Å². The maximum atomic E-state index is 13.5. The number of nitrogens with zero attached hydrogens (tertiary/aromatic N) is 2. The molecule has 1 N–H and O–H groups in total. The minimum absolute atomic E-state index is 0.0319. The molecule has 48 heavy (non-hydrogen) atoms. The molecule has 0 radical (unpaired) electrons. The summed E-state index contributed by atoms with van der Waals surface area (Å²) in [5.74, 6) is -3.40. The van der Waals surface area contributed by atoms with Gasteiger partial charge < -0.3 is 19.1 Å². The number of carbonyl (C=O) groups excluding carboxylic acids is 2. The zero-order chi connectivity index (χ0) is 34.3. The number of sulfonamides is 1. The van der Waals surface area contributed by atoms with Crippen molar-refractivity contribution >= 4 is 39.3 Å². The van der Waals surface area contributed by atoms with Gasteiger partial charge in [-0.25, -0.2) is 26.7 Å². The van der Waals surface area contributed by atoms with Gasteiger partial charge in [0.05, 0.1) is 30.3 Å². The Morgan fingerprint density at radius 3 is 2.60 bits per heavy atom. The van der Waals surface area contributed by atoms with Crippen molar-refractivity contribution in [2.45, 2.75) is 75.1 Å². The average molecular weight is 708 g/mol. The van der Waals surface area contributed by atoms with Gasteiger partial charge in [0.15, 0.2) is 0 Å². The Labute approximate surface area is 284 Å². The maximum absolute atomic E-state index is 13.5. The van der Waals surface area contributed by atoms with Crippen LogP contribution in [0.2, 0.25) is 5.02 Å². The zero-order valence-corrected chi connectivity index (χ0v) is 28.5. The van der Waals surface area contributed by atoms with Crippen molar-refractivity contribution < 1.29 is 41.0 Å². The molecule has 1 saturated carbocycles. The lowest BCUT2D eigenvalue weighted by Crippen LogP contribution is -2.59. The van der Waals surface area contributed by atoms with E-state index in [4.69, 9.17) is 25.8 Å². The van der Waals surface area contributed by atoms with Crippen molar-refractivity contribution in [2.24, 2.45) is 11.8 Å². The van der Waals surface area contributed by atoms with E-state index in [-0.39, 0.29) is 29.9 Å². The van der Waals surface area contributed by atoms with Gasteiger partial charge in [0, 0.05) is 24.0 Å². The third kappa shape index (κ3) is 7.58. The van der Waals surface area contributed by atoms with E-state index in [1.807, 2.05) is 18.2 Å². The molecule has 0 aromatic heterocycles. The minimum atomic E-state index is -4.29. The van der Waals surface area contributed by atoms with E-state index in [2.05, 4.69) is 9.62 Å². The molecule has 2 aromatic carbocycles. The summed E-state index contributed by atoms with van der Waals surface area (Å²) in [6, 6.07) is 10.2. The van der Waals surface area contributed by atoms with Crippen LogP contribution in [0.15, 0.2) is 53.4 Å². The van der Waals surface area contributed by atoms with E-state index in [1.54, 1.807) is 18.2 Å². The van der Waals surface area contributed by atoms with Crippen LogP contribution in [-0.4, -0.2) is 75.7 Å². The number of amides is 2. The van der Waals surface area contributed by atoms with Gasteiger partial charge in [-0.15, -0.1) is 0 Å². The molecule has 3 heterocycles. The first kappa shape index (κ1) is 34.4. The fraction of sp³-hybridized carbons (Fsp3) is 0.529. The monoisotopic (exact) mass is 707 g/mol. The highest BCUT2D eigenvalue weighted by Crippen LogP contribution is 2.42. The van der Waals surface area contributed by atoms with Crippen molar-refractivity contribution in [3.05, 3.63) is 64.7 Å². The van der Waals surface area contributed by atoms with E-state index in [0.717, 1.165) is 48.1 Å². The summed E-state index contributed by atoms with van der Waals surface area (Å²) in [5.41, 5.74) is 1.09. The summed E-state index contributed by atoms with van der Waals surface area (Å²) in [4.78, 5) is 29.0. The molecular weight excluding hydrogens is 668 g/mol. The molecule has 2 bridgehead atoms. The largest absolute Gasteiger partial charge is 0.487 e. The van der Waals surface area contributed by atoms with Gasteiger partial charge in [-0.2, -0.15) is 0 Å². The van der Waals surface area contributed by atoms with E-state index in [1.165, 1.54) is 26.0 Å². The van der Waals surface area contributed by atoms with Crippen LogP contribution in [0.3, 0.4) is 0 Å². The van der Waals surface area contributed by atoms with Gasteiger partial charge in [0.25, 0.3) is 21.9 Å². The van der Waals surface area contributed by atoms with Gasteiger partial charge in [0.1, 0.15) is 24.1 Å². The second kappa shape index (κ2) is 13.5. The first-order valence-corrected chi connectivity index (χ1v) is 18.1. The molecule has 2 fully saturated rings. The molecule has 260 valence electrons. The molecule has 14 heteroatoms. The Bertz CT molecular complexity index is 1700. The summed E-state index contributed by atoms with van der Waals surface area (Å²) >= 11 is 6.31. The number of carbonyl (C=O) groups is 2. The van der Waals surface area contributed by atoms with Crippen LogP contribution in [-0.2, 0) is 37.3 Å². The standard InChI is InChI=1S/C34H40ClF2N3O7S/c1-33(2)31(41)38-48(43,44)26-11-13-30-28(17-26)39(14-4-3-6-22-16-25(35)10-8-24(22)19-45-30)18-23-9-12-27(23)29(7-5-15-46-33)47-32(42)40-20-34(36,37)21-40/h5,7-8,10-11,13,16-17,23,27,29H,3-4,6,9,12,14-15,18-21H2,1-2H3,(H,38,41)/b7-5-/t23-,27+,29-/m0/s1. The highest BCUT2D eigenvalue weighted by Gasteiger charge is 2.48. The molecule has 6 rings (SSSR count). The van der Waals surface area contributed by atoms with Crippen molar-refractivity contribution in [2.75, 3.05) is 37.7 Å². The Morgan fingerprint density at radius 1 is 1.08 bits per heavy atom. The lowest BCUT2D eigenvalue weighted by Gasteiger charge is -2.45. The number of nitrogens with one attached hydrogen (secondary N) is 1. The molecule has 10 nitrogen and oxygen atoms in total. The summed E-state index contributed by atoms with van der Waals surface area (Å²) in [6.07, 6.45) is 5.74. The number of benzene rings is 2. The minimum Gasteiger partial charge on any atom is -0.487 e. The predicted octanol–water partition coefficient (Wildman–Crippen LogP) is 5.71. The third-order valence-electron chi connectivity index (χ3n) is 9.59. The molecular formula is C34H40ClF2N3O7S. The van der Waals surface area contributed by atoms with E-state index in [9.17, 15) is 26.8 Å². The number of ether oxygens (including phenoxy) is 3. The first-order valence-electron chi connectivity index (χ1n) is 16.2. The molecule has 1 aliphatic carbocycles. The summed E-state index contributed by atoms with van der Waals surface area (Å²) < 4.78 is 74.2. The average Bonchev–Trinajstić information content (AvgIpc) is 3.02. The van der Waals surface area contributed by atoms with Crippen LogP contribution >= 0.6 is 11.6 Å². The number of anilines is 1. The molecule has 2 aromatic rings. The normalized spacial score (nSPS) is 27.3. The van der Waals surface area contributed by atoms with Gasteiger partial charge in [-0.05, 0) is 99.4 Å². The topological polar surface area (TPSA) is 114 Å². The second-order valence-electron chi connectivity index (χ2n) is 13.5. The second-order valence-corrected chi connectivity index (χ2v) is 15.6. The number of alkyl halides is 2. The number of halogens is 3. The molecule has 3 atom stereocenters. The Balaban J connectivity index is 1.35. The highest BCUT2D eigenvalue weighted by atomic mass is 35.5. The van der Waals surface area contributed by atoms with Gasteiger partial charge in [-0.3, -0.25) is 9.69 Å². The zero-order valence-electron chi connectivity index (χ0n) is 26.9. The molecule has 0 unspecified atom stereocenters. The Morgan fingerprint density at radius 2 is 1.88 bits per heavy atom. The SMILES string of the molecule is CC1(C)OC/C=C\[C@H](OC(=O)N2CC(F)(F)C2)[C@@H]2CC[C@H]2CN2CCCCc3cc(Cl)ccc3COc3ccc(cc32)S(=O)(=O)NC1=O. The Hall–Kier alpha value is -3.42. The number of aryl methyl sites for hydroxylation is 1. The van der Waals surface area contributed by atoms with Crippen LogP contribution in [0.4, 0.5) is 19.3 Å². The number of rotatable bonds is 1. The molecule has 4 aliphatic rings. The quantitative estimate of drug-likeness (QED) is 0.375. The van der Waals surface area contributed by atoms with Crippen LogP contribution in [0.25, 0.3) is 0 Å². The number of likely N-dealkylation sites (tertiary alicyclic amines) is 1. The fourth-order valence-corrected chi connectivity index (χ4v) is 7.86.